The number of aliphatic hydroxyl groups is 1. The molecule has 1 fully saturated rings. The standard InChI is InChI=1S/C23H38O4/c1-2-3-4-5-7-10-13-18-16-19(18)14-11-8-6-9-12-15-20(24)22-21(25)17-27-23(22)26/h18-19,25H,2-17H2,1H3. The van der Waals surface area contributed by atoms with E-state index in [0.717, 1.165) is 31.1 Å². The Bertz CT molecular complexity index is 509. The van der Waals surface area contributed by atoms with Crippen molar-refractivity contribution in [1.82, 2.24) is 0 Å². The molecule has 2 aliphatic rings. The number of unbranched alkanes of at least 4 members (excludes halogenated alkanes) is 9. The predicted octanol–water partition coefficient (Wildman–Crippen LogP) is 6.04. The van der Waals surface area contributed by atoms with E-state index in [9.17, 15) is 14.7 Å². The Labute approximate surface area is 164 Å². The van der Waals surface area contributed by atoms with Crippen LogP contribution in [-0.2, 0) is 14.3 Å². The molecular weight excluding hydrogens is 340 g/mol. The molecule has 0 saturated heterocycles. The Kier molecular flexibility index (Phi) is 9.93. The summed E-state index contributed by atoms with van der Waals surface area (Å²) in [6.07, 6.45) is 18.5. The van der Waals surface area contributed by atoms with Crippen LogP contribution in [0.25, 0.3) is 0 Å². The van der Waals surface area contributed by atoms with Crippen LogP contribution < -0.4 is 0 Å². The molecule has 0 aromatic heterocycles. The number of Topliss-reactive ketones (excluding diaryl/α,β-unsaturated/α-hetero) is 1. The van der Waals surface area contributed by atoms with Gasteiger partial charge in [-0.25, -0.2) is 4.79 Å². The number of carbonyl (C=O) groups excluding carboxylic acids is 2. The van der Waals surface area contributed by atoms with Gasteiger partial charge in [-0.2, -0.15) is 0 Å². The summed E-state index contributed by atoms with van der Waals surface area (Å²) in [5.74, 6) is 0.860. The van der Waals surface area contributed by atoms with Gasteiger partial charge in [0.05, 0.1) is 0 Å². The average Bonchev–Trinajstić information content (AvgIpc) is 3.31. The first-order valence-corrected chi connectivity index (χ1v) is 11.3. The van der Waals surface area contributed by atoms with Crippen LogP contribution in [0.3, 0.4) is 0 Å². The highest BCUT2D eigenvalue weighted by molar-refractivity contribution is 6.18. The predicted molar refractivity (Wildman–Crippen MR) is 108 cm³/mol. The van der Waals surface area contributed by atoms with Gasteiger partial charge in [-0.3, -0.25) is 4.79 Å². The minimum Gasteiger partial charge on any atom is -0.508 e. The molecule has 1 heterocycles. The first-order chi connectivity index (χ1) is 13.1. The molecular formula is C23H38O4. The fourth-order valence-electron chi connectivity index (χ4n) is 4.22. The number of hydrogen-bond acceptors (Lipinski definition) is 4. The zero-order valence-electron chi connectivity index (χ0n) is 17.1. The molecule has 27 heavy (non-hydrogen) atoms. The lowest BCUT2D eigenvalue weighted by Gasteiger charge is -2.03. The Morgan fingerprint density at radius 1 is 0.926 bits per heavy atom. The second-order valence-electron chi connectivity index (χ2n) is 8.44. The Morgan fingerprint density at radius 3 is 2.04 bits per heavy atom. The van der Waals surface area contributed by atoms with Crippen LogP contribution in [0.15, 0.2) is 11.3 Å². The van der Waals surface area contributed by atoms with Gasteiger partial charge in [0.1, 0.15) is 17.9 Å². The minimum atomic E-state index is -0.669. The lowest BCUT2D eigenvalue weighted by molar-refractivity contribution is -0.137. The number of hydrogen-bond donors (Lipinski definition) is 1. The molecule has 4 heteroatoms. The first-order valence-electron chi connectivity index (χ1n) is 11.3. The Morgan fingerprint density at radius 2 is 1.48 bits per heavy atom. The lowest BCUT2D eigenvalue weighted by atomic mass is 10.0. The van der Waals surface area contributed by atoms with E-state index in [-0.39, 0.29) is 23.7 Å². The molecule has 0 radical (unpaired) electrons. The van der Waals surface area contributed by atoms with Crippen LogP contribution >= 0.6 is 0 Å². The van der Waals surface area contributed by atoms with Crippen LogP contribution in [0.2, 0.25) is 0 Å². The van der Waals surface area contributed by atoms with E-state index >= 15 is 0 Å². The van der Waals surface area contributed by atoms with E-state index in [1.807, 2.05) is 0 Å². The summed E-state index contributed by atoms with van der Waals surface area (Å²) in [5, 5.41) is 9.50. The van der Waals surface area contributed by atoms with E-state index in [1.165, 1.54) is 70.6 Å². The fraction of sp³-hybridized carbons (Fsp3) is 0.826. The molecule has 1 aliphatic heterocycles. The van der Waals surface area contributed by atoms with E-state index in [0.29, 0.717) is 6.42 Å². The highest BCUT2D eigenvalue weighted by Crippen LogP contribution is 2.45. The summed E-state index contributed by atoms with van der Waals surface area (Å²) < 4.78 is 4.66. The minimum absolute atomic E-state index is 0.125. The molecule has 2 rings (SSSR count). The summed E-state index contributed by atoms with van der Waals surface area (Å²) in [4.78, 5) is 23.3. The molecule has 1 N–H and O–H groups in total. The van der Waals surface area contributed by atoms with Crippen molar-refractivity contribution in [2.24, 2.45) is 11.8 Å². The van der Waals surface area contributed by atoms with Crippen molar-refractivity contribution in [2.75, 3.05) is 6.61 Å². The van der Waals surface area contributed by atoms with Gasteiger partial charge in [0.2, 0.25) is 0 Å². The fourth-order valence-corrected chi connectivity index (χ4v) is 4.22. The van der Waals surface area contributed by atoms with Crippen molar-refractivity contribution in [2.45, 2.75) is 103 Å². The highest BCUT2D eigenvalue weighted by atomic mass is 16.5. The maximum atomic E-state index is 11.9. The molecule has 1 aliphatic carbocycles. The molecule has 0 bridgehead atoms. The number of ether oxygens (including phenoxy) is 1. The molecule has 154 valence electrons. The smallest absolute Gasteiger partial charge is 0.345 e. The van der Waals surface area contributed by atoms with E-state index in [4.69, 9.17) is 0 Å². The Hall–Kier alpha value is -1.32. The largest absolute Gasteiger partial charge is 0.508 e. The van der Waals surface area contributed by atoms with Crippen LogP contribution in [0.4, 0.5) is 0 Å². The van der Waals surface area contributed by atoms with Crippen molar-refractivity contribution in [3.63, 3.8) is 0 Å². The monoisotopic (exact) mass is 378 g/mol. The summed E-state index contributed by atoms with van der Waals surface area (Å²) in [7, 11) is 0. The van der Waals surface area contributed by atoms with E-state index in [2.05, 4.69) is 11.7 Å². The third-order valence-electron chi connectivity index (χ3n) is 6.09. The van der Waals surface area contributed by atoms with Crippen LogP contribution in [0.5, 0.6) is 0 Å². The van der Waals surface area contributed by atoms with Gasteiger partial charge in [0.25, 0.3) is 0 Å². The normalized spacial score (nSPS) is 21.6. The molecule has 0 aromatic carbocycles. The van der Waals surface area contributed by atoms with Crippen LogP contribution in [-0.4, -0.2) is 23.5 Å². The third kappa shape index (κ3) is 8.06. The van der Waals surface area contributed by atoms with Crippen LogP contribution in [0.1, 0.15) is 103 Å². The molecule has 0 spiro atoms. The summed E-state index contributed by atoms with van der Waals surface area (Å²) in [6, 6.07) is 0. The van der Waals surface area contributed by atoms with Crippen molar-refractivity contribution >= 4 is 11.8 Å². The molecule has 2 unspecified atom stereocenters. The highest BCUT2D eigenvalue weighted by Gasteiger charge is 2.35. The number of carbonyl (C=O) groups is 2. The van der Waals surface area contributed by atoms with Gasteiger partial charge in [0, 0.05) is 6.42 Å². The quantitative estimate of drug-likeness (QED) is 0.202. The van der Waals surface area contributed by atoms with Gasteiger partial charge in [-0.15, -0.1) is 0 Å². The lowest BCUT2D eigenvalue weighted by Crippen LogP contribution is -2.10. The number of esters is 1. The van der Waals surface area contributed by atoms with E-state index in [1.54, 1.807) is 0 Å². The zero-order chi connectivity index (χ0) is 19.5. The second-order valence-corrected chi connectivity index (χ2v) is 8.44. The molecule has 0 aromatic rings. The van der Waals surface area contributed by atoms with Gasteiger partial charge in [0.15, 0.2) is 5.78 Å². The van der Waals surface area contributed by atoms with Crippen molar-refractivity contribution < 1.29 is 19.4 Å². The maximum absolute atomic E-state index is 11.9. The van der Waals surface area contributed by atoms with Crippen LogP contribution in [0, 0.1) is 11.8 Å². The molecule has 1 saturated carbocycles. The van der Waals surface area contributed by atoms with E-state index < -0.39 is 5.97 Å². The number of ketones is 1. The SMILES string of the molecule is CCCCCCCCC1CC1CCCCCCCC(=O)C1=C(O)COC1=O. The summed E-state index contributed by atoms with van der Waals surface area (Å²) in [6.45, 7) is 2.12. The van der Waals surface area contributed by atoms with Crippen molar-refractivity contribution in [3.05, 3.63) is 11.3 Å². The first kappa shape index (κ1) is 22.0. The third-order valence-corrected chi connectivity index (χ3v) is 6.09. The van der Waals surface area contributed by atoms with Gasteiger partial charge in [-0.05, 0) is 24.7 Å². The number of aliphatic hydroxyl groups excluding tert-OH is 1. The molecule has 2 atom stereocenters. The second kappa shape index (κ2) is 12.2. The average molecular weight is 379 g/mol. The maximum Gasteiger partial charge on any atom is 0.345 e. The zero-order valence-corrected chi connectivity index (χ0v) is 17.1. The Balaban J connectivity index is 1.38. The van der Waals surface area contributed by atoms with Gasteiger partial charge in [-0.1, -0.05) is 84.0 Å². The van der Waals surface area contributed by atoms with Crippen molar-refractivity contribution in [3.8, 4) is 0 Å². The summed E-state index contributed by atoms with van der Waals surface area (Å²) in [5.41, 5.74) is -0.125. The molecule has 4 nitrogen and oxygen atoms in total. The number of rotatable bonds is 16. The summed E-state index contributed by atoms with van der Waals surface area (Å²) >= 11 is 0. The topological polar surface area (TPSA) is 63.6 Å². The van der Waals surface area contributed by atoms with Gasteiger partial charge < -0.3 is 9.84 Å². The van der Waals surface area contributed by atoms with Gasteiger partial charge >= 0.3 is 5.97 Å². The van der Waals surface area contributed by atoms with Crippen molar-refractivity contribution in [1.29, 1.82) is 0 Å². The molecule has 0 amide bonds. The number of cyclic esters (lactones) is 1.